The van der Waals surface area contributed by atoms with E-state index in [0.717, 1.165) is 11.1 Å². The van der Waals surface area contributed by atoms with E-state index in [4.69, 9.17) is 16.3 Å². The molecule has 1 aromatic rings. The van der Waals surface area contributed by atoms with Crippen LogP contribution in [0.5, 0.6) is 5.75 Å². The van der Waals surface area contributed by atoms with Crippen molar-refractivity contribution >= 4 is 17.4 Å². The van der Waals surface area contributed by atoms with Gasteiger partial charge in [0, 0.05) is 12.3 Å². The maximum absolute atomic E-state index is 12.0. The van der Waals surface area contributed by atoms with Crippen LogP contribution in [0.25, 0.3) is 0 Å². The molecule has 17 heavy (non-hydrogen) atoms. The second-order valence-electron chi connectivity index (χ2n) is 4.08. The van der Waals surface area contributed by atoms with Gasteiger partial charge in [-0.3, -0.25) is 4.79 Å². The van der Waals surface area contributed by atoms with Crippen molar-refractivity contribution in [3.8, 4) is 5.75 Å². The Balaban J connectivity index is 3.02. The molecule has 0 atom stereocenters. The Morgan fingerprint density at radius 1 is 1.29 bits per heavy atom. The Bertz CT molecular complexity index is 399. The van der Waals surface area contributed by atoms with Gasteiger partial charge < -0.3 is 4.74 Å². The van der Waals surface area contributed by atoms with E-state index >= 15 is 0 Å². The monoisotopic (exact) mass is 254 g/mol. The second-order valence-corrected chi connectivity index (χ2v) is 4.46. The van der Waals surface area contributed by atoms with E-state index in [0.29, 0.717) is 36.6 Å². The number of carbonyl (C=O) groups is 1. The number of carbonyl (C=O) groups excluding carboxylic acids is 1. The van der Waals surface area contributed by atoms with Crippen molar-refractivity contribution < 1.29 is 9.53 Å². The van der Waals surface area contributed by atoms with Crippen LogP contribution in [-0.2, 0) is 0 Å². The third kappa shape index (κ3) is 3.74. The lowest BCUT2D eigenvalue weighted by Gasteiger charge is -2.12. The summed E-state index contributed by atoms with van der Waals surface area (Å²) in [5.74, 6) is 1.31. The molecule has 0 radical (unpaired) electrons. The molecule has 0 saturated heterocycles. The van der Waals surface area contributed by atoms with Crippen molar-refractivity contribution in [2.45, 2.75) is 33.6 Å². The summed E-state index contributed by atoms with van der Waals surface area (Å²) in [4.78, 5) is 12.0. The van der Waals surface area contributed by atoms with Gasteiger partial charge >= 0.3 is 0 Å². The van der Waals surface area contributed by atoms with Crippen LogP contribution < -0.4 is 4.74 Å². The van der Waals surface area contributed by atoms with Gasteiger partial charge in [0.25, 0.3) is 0 Å². The van der Waals surface area contributed by atoms with E-state index in [1.54, 1.807) is 0 Å². The highest BCUT2D eigenvalue weighted by molar-refractivity contribution is 6.18. The summed E-state index contributed by atoms with van der Waals surface area (Å²) in [5.41, 5.74) is 2.94. The minimum atomic E-state index is 0.109. The maximum atomic E-state index is 12.0. The number of rotatable bonds is 6. The molecule has 1 rings (SSSR count). The van der Waals surface area contributed by atoms with E-state index in [9.17, 15) is 4.79 Å². The van der Waals surface area contributed by atoms with E-state index in [1.807, 2.05) is 32.9 Å². The van der Waals surface area contributed by atoms with Crippen LogP contribution >= 0.6 is 11.6 Å². The van der Waals surface area contributed by atoms with Gasteiger partial charge in [0.05, 0.1) is 12.2 Å². The molecule has 1 aromatic carbocycles. The Morgan fingerprint density at radius 3 is 2.53 bits per heavy atom. The van der Waals surface area contributed by atoms with Gasteiger partial charge in [-0.15, -0.1) is 11.6 Å². The molecule has 0 saturated carbocycles. The summed E-state index contributed by atoms with van der Waals surface area (Å²) in [6.45, 7) is 6.51. The predicted octanol–water partition coefficient (Wildman–Crippen LogP) is 3.90. The molecule has 0 aromatic heterocycles. The predicted molar refractivity (Wildman–Crippen MR) is 71.4 cm³/mol. The molecule has 0 fully saturated rings. The highest BCUT2D eigenvalue weighted by Crippen LogP contribution is 2.25. The number of ether oxygens (including phenoxy) is 1. The van der Waals surface area contributed by atoms with Crippen molar-refractivity contribution in [2.24, 2.45) is 0 Å². The lowest BCUT2D eigenvalue weighted by molar-refractivity contribution is 0.0978. The molecule has 0 spiro atoms. The zero-order valence-electron chi connectivity index (χ0n) is 10.7. The molecule has 0 bridgehead atoms. The maximum Gasteiger partial charge on any atom is 0.166 e. The molecule has 0 aliphatic rings. The quantitative estimate of drug-likeness (QED) is 0.568. The van der Waals surface area contributed by atoms with Crippen LogP contribution in [0.2, 0.25) is 0 Å². The van der Waals surface area contributed by atoms with Crippen LogP contribution in [0.1, 0.15) is 41.3 Å². The second kappa shape index (κ2) is 6.65. The van der Waals surface area contributed by atoms with Crippen molar-refractivity contribution in [1.29, 1.82) is 0 Å². The highest BCUT2D eigenvalue weighted by atomic mass is 35.5. The van der Waals surface area contributed by atoms with Gasteiger partial charge in [-0.1, -0.05) is 0 Å². The molecule has 3 heteroatoms. The van der Waals surface area contributed by atoms with Gasteiger partial charge in [0.15, 0.2) is 5.78 Å². The van der Waals surface area contributed by atoms with Crippen molar-refractivity contribution in [2.75, 3.05) is 12.5 Å². The first-order valence-corrected chi connectivity index (χ1v) is 6.46. The van der Waals surface area contributed by atoms with Crippen LogP contribution in [0.3, 0.4) is 0 Å². The third-order valence-corrected chi connectivity index (χ3v) is 3.00. The fourth-order valence-corrected chi connectivity index (χ4v) is 1.78. The Hall–Kier alpha value is -1.02. The molecule has 0 aliphatic carbocycles. The van der Waals surface area contributed by atoms with Crippen LogP contribution in [-0.4, -0.2) is 18.3 Å². The smallest absolute Gasteiger partial charge is 0.166 e. The van der Waals surface area contributed by atoms with Gasteiger partial charge in [-0.25, -0.2) is 0 Å². The minimum absolute atomic E-state index is 0.109. The molecule has 94 valence electrons. The third-order valence-electron chi connectivity index (χ3n) is 2.73. The average molecular weight is 255 g/mol. The summed E-state index contributed by atoms with van der Waals surface area (Å²) < 4.78 is 5.52. The normalized spacial score (nSPS) is 10.4. The summed E-state index contributed by atoms with van der Waals surface area (Å²) in [5, 5.41) is 0. The van der Waals surface area contributed by atoms with Gasteiger partial charge in [-0.05, 0) is 50.5 Å². The van der Waals surface area contributed by atoms with E-state index < -0.39 is 0 Å². The van der Waals surface area contributed by atoms with E-state index in [-0.39, 0.29) is 5.78 Å². The fourth-order valence-electron chi connectivity index (χ4n) is 1.64. The molecule has 0 unspecified atom stereocenters. The lowest BCUT2D eigenvalue weighted by atomic mass is 10.00. The minimum Gasteiger partial charge on any atom is -0.493 e. The van der Waals surface area contributed by atoms with Crippen molar-refractivity contribution in [3.63, 3.8) is 0 Å². The summed E-state index contributed by atoms with van der Waals surface area (Å²) in [6.07, 6.45) is 1.19. The summed E-state index contributed by atoms with van der Waals surface area (Å²) in [7, 11) is 0. The van der Waals surface area contributed by atoms with Crippen molar-refractivity contribution in [3.05, 3.63) is 28.8 Å². The summed E-state index contributed by atoms with van der Waals surface area (Å²) >= 11 is 5.61. The Labute approximate surface area is 108 Å². The van der Waals surface area contributed by atoms with Gasteiger partial charge in [0.1, 0.15) is 5.75 Å². The molecule has 0 amide bonds. The number of hydrogen-bond donors (Lipinski definition) is 0. The van der Waals surface area contributed by atoms with Gasteiger partial charge in [0.2, 0.25) is 0 Å². The lowest BCUT2D eigenvalue weighted by Crippen LogP contribution is -2.05. The highest BCUT2D eigenvalue weighted by Gasteiger charge is 2.13. The van der Waals surface area contributed by atoms with Gasteiger partial charge in [-0.2, -0.15) is 0 Å². The standard InChI is InChI=1S/C14H19ClO2/c1-4-17-14-9-11(3)10(2)8-12(14)13(16)6-5-7-15/h8-9H,4-7H2,1-3H3. The molecule has 0 N–H and O–H groups in total. The van der Waals surface area contributed by atoms with Crippen molar-refractivity contribution in [1.82, 2.24) is 0 Å². The van der Waals surface area contributed by atoms with Crippen LogP contribution in [0.4, 0.5) is 0 Å². The number of alkyl halides is 1. The van der Waals surface area contributed by atoms with Crippen LogP contribution in [0.15, 0.2) is 12.1 Å². The topological polar surface area (TPSA) is 26.3 Å². The number of ketones is 1. The summed E-state index contributed by atoms with van der Waals surface area (Å²) in [6, 6.07) is 3.85. The Morgan fingerprint density at radius 2 is 1.94 bits per heavy atom. The number of Topliss-reactive ketones (excluding diaryl/α,β-unsaturated/α-hetero) is 1. The molecule has 0 aliphatic heterocycles. The Kier molecular flexibility index (Phi) is 5.49. The number of benzene rings is 1. The molecular weight excluding hydrogens is 236 g/mol. The zero-order chi connectivity index (χ0) is 12.8. The average Bonchev–Trinajstić information content (AvgIpc) is 2.30. The fraction of sp³-hybridized carbons (Fsp3) is 0.500. The first-order chi connectivity index (χ1) is 8.10. The molecular formula is C14H19ClO2. The first kappa shape index (κ1) is 14.0. The van der Waals surface area contributed by atoms with Crippen LogP contribution in [0, 0.1) is 13.8 Å². The molecule has 0 heterocycles. The van der Waals surface area contributed by atoms with E-state index in [1.165, 1.54) is 0 Å². The van der Waals surface area contributed by atoms with E-state index in [2.05, 4.69) is 0 Å². The zero-order valence-corrected chi connectivity index (χ0v) is 11.4. The molecule has 2 nitrogen and oxygen atoms in total. The largest absolute Gasteiger partial charge is 0.493 e. The first-order valence-electron chi connectivity index (χ1n) is 5.93. The number of aryl methyl sites for hydroxylation is 2. The number of halogens is 1. The SMILES string of the molecule is CCOc1cc(C)c(C)cc1C(=O)CCCCl. The number of hydrogen-bond acceptors (Lipinski definition) is 2.